The minimum atomic E-state index is -0.476. The highest BCUT2D eigenvalue weighted by atomic mass is 16.5. The third kappa shape index (κ3) is 7.38. The van der Waals surface area contributed by atoms with E-state index in [9.17, 15) is 4.79 Å². The first kappa shape index (κ1) is 26.6. The zero-order valence-corrected chi connectivity index (χ0v) is 20.2. The Hall–Kier alpha value is -1.40. The van der Waals surface area contributed by atoms with Crippen molar-refractivity contribution in [1.29, 1.82) is 0 Å². The lowest BCUT2D eigenvalue weighted by Gasteiger charge is -2.51. The van der Waals surface area contributed by atoms with E-state index in [2.05, 4.69) is 45.1 Å². The van der Waals surface area contributed by atoms with Crippen LogP contribution in [-0.4, -0.2) is 35.5 Å². The highest BCUT2D eigenvalue weighted by Gasteiger charge is 2.47. The molecule has 1 heterocycles. The molecular weight excluding hydrogens is 380 g/mol. The number of nitrogens with zero attached hydrogens (tertiary/aromatic N) is 1. The number of rotatable bonds is 7. The molecule has 2 saturated carbocycles. The van der Waals surface area contributed by atoms with Gasteiger partial charge in [-0.05, 0) is 37.5 Å². The van der Waals surface area contributed by atoms with E-state index < -0.39 is 5.41 Å². The number of aromatic nitrogens is 1. The zero-order valence-electron chi connectivity index (χ0n) is 20.2. The van der Waals surface area contributed by atoms with Crippen molar-refractivity contribution in [2.45, 2.75) is 104 Å². The van der Waals surface area contributed by atoms with Gasteiger partial charge < -0.3 is 19.7 Å². The van der Waals surface area contributed by atoms with Gasteiger partial charge in [0.15, 0.2) is 5.82 Å². The molecule has 1 aromatic rings. The smallest absolute Gasteiger partial charge is 0.212 e. The molecule has 0 saturated heterocycles. The lowest BCUT2D eigenvalue weighted by atomic mass is 9.64. The van der Waals surface area contributed by atoms with Crippen molar-refractivity contribution >= 4 is 12.2 Å². The van der Waals surface area contributed by atoms with Crippen molar-refractivity contribution < 1.29 is 19.2 Å². The molecule has 6 nitrogen and oxygen atoms in total. The largest absolute Gasteiger partial charge is 0.395 e. The van der Waals surface area contributed by atoms with Gasteiger partial charge in [0.05, 0.1) is 12.2 Å². The molecule has 1 aromatic heterocycles. The minimum Gasteiger partial charge on any atom is -0.395 e. The molecule has 30 heavy (non-hydrogen) atoms. The third-order valence-corrected chi connectivity index (χ3v) is 6.53. The Morgan fingerprint density at radius 2 is 1.87 bits per heavy atom. The Bertz CT molecular complexity index is 608. The van der Waals surface area contributed by atoms with Crippen LogP contribution in [0.15, 0.2) is 10.6 Å². The summed E-state index contributed by atoms with van der Waals surface area (Å²) in [6.07, 6.45) is 10.3. The second-order valence-electron chi connectivity index (χ2n) is 10.1. The van der Waals surface area contributed by atoms with Crippen LogP contribution in [0.5, 0.6) is 0 Å². The van der Waals surface area contributed by atoms with Gasteiger partial charge in [-0.3, -0.25) is 4.79 Å². The van der Waals surface area contributed by atoms with Crippen molar-refractivity contribution in [2.24, 2.45) is 11.3 Å². The number of carbonyl (C=O) groups excluding carboxylic acids is 1. The first-order valence-corrected chi connectivity index (χ1v) is 11.5. The van der Waals surface area contributed by atoms with Gasteiger partial charge in [-0.2, -0.15) is 0 Å². The molecule has 0 spiro atoms. The summed E-state index contributed by atoms with van der Waals surface area (Å²) < 4.78 is 10.8. The number of aliphatic hydroxyl groups excluding tert-OH is 1. The summed E-state index contributed by atoms with van der Waals surface area (Å²) in [6, 6.07) is 1.59. The molecule has 2 aliphatic rings. The molecule has 2 fully saturated rings. The minimum absolute atomic E-state index is 0.0390. The normalized spacial score (nSPS) is 18.0. The van der Waals surface area contributed by atoms with E-state index >= 15 is 0 Å². The molecule has 0 aromatic carbocycles. The summed E-state index contributed by atoms with van der Waals surface area (Å²) in [4.78, 5) is 10.1. The second-order valence-corrected chi connectivity index (χ2v) is 10.1. The van der Waals surface area contributed by atoms with Gasteiger partial charge in [0.2, 0.25) is 6.41 Å². The van der Waals surface area contributed by atoms with Crippen LogP contribution < -0.4 is 5.32 Å². The Balaban J connectivity index is 0.000000239. The lowest BCUT2D eigenvalue weighted by Crippen LogP contribution is -2.51. The molecule has 0 radical (unpaired) electrons. The molecular formula is C24H44N2O4. The molecule has 1 amide bonds. The second kappa shape index (κ2) is 11.8. The summed E-state index contributed by atoms with van der Waals surface area (Å²) in [6.45, 7) is 15.7. The van der Waals surface area contributed by atoms with Crippen LogP contribution in [0.4, 0.5) is 5.82 Å². The van der Waals surface area contributed by atoms with Crippen LogP contribution in [0, 0.1) is 11.3 Å². The van der Waals surface area contributed by atoms with E-state index in [0.717, 1.165) is 12.5 Å². The Kier molecular flexibility index (Phi) is 10.5. The SMILES string of the molecule is CC(C)(CO)c1cc(NC=O)no1.CCC1CCC1.CCOC1(C(C)(C)C)CCC1. The summed E-state index contributed by atoms with van der Waals surface area (Å²) in [7, 11) is 0. The Morgan fingerprint density at radius 1 is 1.23 bits per heavy atom. The van der Waals surface area contributed by atoms with Crippen LogP contribution in [0.3, 0.4) is 0 Å². The van der Waals surface area contributed by atoms with Crippen LogP contribution in [0.25, 0.3) is 0 Å². The summed E-state index contributed by atoms with van der Waals surface area (Å²) in [5.74, 6) is 2.01. The molecule has 0 unspecified atom stereocenters. The monoisotopic (exact) mass is 424 g/mol. The maximum atomic E-state index is 10.1. The Labute approximate surface area is 183 Å². The maximum Gasteiger partial charge on any atom is 0.212 e. The molecule has 2 N–H and O–H groups in total. The van der Waals surface area contributed by atoms with Gasteiger partial charge in [0.25, 0.3) is 0 Å². The number of carbonyl (C=O) groups is 1. The van der Waals surface area contributed by atoms with Gasteiger partial charge in [0.1, 0.15) is 5.76 Å². The van der Waals surface area contributed by atoms with Crippen molar-refractivity contribution in [3.63, 3.8) is 0 Å². The van der Waals surface area contributed by atoms with Gasteiger partial charge in [-0.1, -0.05) is 72.4 Å². The molecule has 0 aliphatic heterocycles. The Morgan fingerprint density at radius 3 is 2.13 bits per heavy atom. The molecule has 174 valence electrons. The van der Waals surface area contributed by atoms with E-state index in [1.54, 1.807) is 6.07 Å². The zero-order chi connectivity index (χ0) is 22.8. The summed E-state index contributed by atoms with van der Waals surface area (Å²) >= 11 is 0. The third-order valence-electron chi connectivity index (χ3n) is 6.53. The quantitative estimate of drug-likeness (QED) is 0.548. The van der Waals surface area contributed by atoms with Crippen molar-refractivity contribution in [2.75, 3.05) is 18.5 Å². The fourth-order valence-electron chi connectivity index (χ4n) is 3.59. The maximum absolute atomic E-state index is 10.1. The molecule has 3 rings (SSSR count). The van der Waals surface area contributed by atoms with Gasteiger partial charge in [0, 0.05) is 18.1 Å². The summed E-state index contributed by atoms with van der Waals surface area (Å²) in [5.41, 5.74) is 0.0544. The molecule has 6 heteroatoms. The van der Waals surface area contributed by atoms with Crippen LogP contribution in [-0.2, 0) is 14.9 Å². The van der Waals surface area contributed by atoms with Crippen molar-refractivity contribution in [3.05, 3.63) is 11.8 Å². The van der Waals surface area contributed by atoms with Crippen molar-refractivity contribution in [1.82, 2.24) is 5.16 Å². The molecule has 2 aliphatic carbocycles. The number of aliphatic hydroxyl groups is 1. The first-order valence-electron chi connectivity index (χ1n) is 11.5. The molecule has 0 atom stereocenters. The highest BCUT2D eigenvalue weighted by Crippen LogP contribution is 2.48. The summed E-state index contributed by atoms with van der Waals surface area (Å²) in [5, 5.41) is 15.0. The number of hydrogen-bond acceptors (Lipinski definition) is 5. The molecule has 0 bridgehead atoms. The van der Waals surface area contributed by atoms with E-state index in [1.807, 2.05) is 13.8 Å². The number of hydrogen-bond donors (Lipinski definition) is 2. The van der Waals surface area contributed by atoms with Gasteiger partial charge in [-0.15, -0.1) is 0 Å². The number of amides is 1. The van der Waals surface area contributed by atoms with Crippen LogP contribution in [0.2, 0.25) is 0 Å². The predicted molar refractivity (Wildman–Crippen MR) is 122 cm³/mol. The van der Waals surface area contributed by atoms with E-state index in [-0.39, 0.29) is 12.2 Å². The number of ether oxygens (including phenoxy) is 1. The number of nitrogens with one attached hydrogen (secondary N) is 1. The number of anilines is 1. The average Bonchev–Trinajstić information content (AvgIpc) is 3.07. The van der Waals surface area contributed by atoms with Crippen LogP contribution >= 0.6 is 0 Å². The van der Waals surface area contributed by atoms with Crippen LogP contribution in [0.1, 0.15) is 99.2 Å². The van der Waals surface area contributed by atoms with E-state index in [1.165, 1.54) is 44.9 Å². The van der Waals surface area contributed by atoms with Crippen molar-refractivity contribution in [3.8, 4) is 0 Å². The fraction of sp³-hybridized carbons (Fsp3) is 0.833. The van der Waals surface area contributed by atoms with E-state index in [4.69, 9.17) is 14.4 Å². The highest BCUT2D eigenvalue weighted by molar-refractivity contribution is 5.68. The average molecular weight is 425 g/mol. The topological polar surface area (TPSA) is 84.6 Å². The first-order chi connectivity index (χ1) is 14.0. The van der Waals surface area contributed by atoms with E-state index in [0.29, 0.717) is 23.4 Å². The van der Waals surface area contributed by atoms with Gasteiger partial charge in [-0.25, -0.2) is 0 Å². The predicted octanol–water partition coefficient (Wildman–Crippen LogP) is 5.70. The standard InChI is InChI=1S/C10H20O.C8H12N2O3.C6H12/c1-5-11-10(7-6-8-10)9(2,3)4;1-8(2,4-11)6-3-7(9-5-12)10-13-6;1-2-6-4-3-5-6/h5-8H2,1-4H3;3,5,11H,4H2,1-2H3,(H,9,10,12);6H,2-5H2,1H3. The fourth-order valence-corrected chi connectivity index (χ4v) is 3.59. The lowest BCUT2D eigenvalue weighted by molar-refractivity contribution is -0.162. The van der Waals surface area contributed by atoms with Gasteiger partial charge >= 0.3 is 0 Å².